The van der Waals surface area contributed by atoms with Crippen molar-refractivity contribution in [2.24, 2.45) is 0 Å². The summed E-state index contributed by atoms with van der Waals surface area (Å²) >= 11 is 6.01. The number of nitrogens with one attached hydrogen (secondary N) is 1. The summed E-state index contributed by atoms with van der Waals surface area (Å²) in [4.78, 5) is 21.2. The lowest BCUT2D eigenvalue weighted by Gasteiger charge is -2.34. The number of rotatable bonds is 3. The van der Waals surface area contributed by atoms with E-state index in [1.807, 2.05) is 18.2 Å². The molecule has 3 aromatic rings. The van der Waals surface area contributed by atoms with Gasteiger partial charge in [0, 0.05) is 43.0 Å². The van der Waals surface area contributed by atoms with E-state index < -0.39 is 0 Å². The SMILES string of the molecule is O=C(Nc1ccc2c(c1)OCCO2)N1CCN(Cc2nc3cc(Cl)ccc3o2)CC1. The van der Waals surface area contributed by atoms with Gasteiger partial charge in [0.2, 0.25) is 5.89 Å². The molecule has 30 heavy (non-hydrogen) atoms. The van der Waals surface area contributed by atoms with Crippen LogP contribution in [0.1, 0.15) is 5.89 Å². The number of carbonyl (C=O) groups is 1. The van der Waals surface area contributed by atoms with Crippen molar-refractivity contribution >= 4 is 34.4 Å². The Kier molecular flexibility index (Phi) is 5.10. The van der Waals surface area contributed by atoms with Gasteiger partial charge in [0.1, 0.15) is 18.7 Å². The zero-order valence-corrected chi connectivity index (χ0v) is 17.0. The number of oxazole rings is 1. The van der Waals surface area contributed by atoms with Gasteiger partial charge in [-0.15, -0.1) is 0 Å². The lowest BCUT2D eigenvalue weighted by molar-refractivity contribution is 0.136. The molecule has 0 bridgehead atoms. The molecule has 0 aliphatic carbocycles. The standard InChI is InChI=1S/C21H21ClN4O4/c22-14-1-3-17-16(11-14)24-20(30-17)13-25-5-7-26(8-6-25)21(27)23-15-2-4-18-19(12-15)29-10-9-28-18/h1-4,11-12H,5-10,13H2,(H,23,27). The number of ether oxygens (including phenoxy) is 2. The molecule has 8 nitrogen and oxygen atoms in total. The summed E-state index contributed by atoms with van der Waals surface area (Å²) < 4.78 is 16.9. The zero-order chi connectivity index (χ0) is 20.5. The first-order chi connectivity index (χ1) is 14.6. The highest BCUT2D eigenvalue weighted by Gasteiger charge is 2.23. The molecule has 156 valence electrons. The summed E-state index contributed by atoms with van der Waals surface area (Å²) in [5.41, 5.74) is 2.18. The summed E-state index contributed by atoms with van der Waals surface area (Å²) in [6.07, 6.45) is 0. The van der Waals surface area contributed by atoms with Crippen LogP contribution in [0.25, 0.3) is 11.1 Å². The largest absolute Gasteiger partial charge is 0.486 e. The molecular formula is C21H21ClN4O4. The Morgan fingerprint density at radius 3 is 2.67 bits per heavy atom. The van der Waals surface area contributed by atoms with E-state index in [0.717, 1.165) is 24.2 Å². The second kappa shape index (κ2) is 8.04. The summed E-state index contributed by atoms with van der Waals surface area (Å²) in [6, 6.07) is 10.7. The van der Waals surface area contributed by atoms with Crippen molar-refractivity contribution in [3.8, 4) is 11.5 Å². The molecule has 1 saturated heterocycles. The molecular weight excluding hydrogens is 408 g/mol. The Morgan fingerprint density at radius 1 is 1.03 bits per heavy atom. The molecule has 2 amide bonds. The van der Waals surface area contributed by atoms with E-state index in [1.54, 1.807) is 23.1 Å². The number of urea groups is 1. The van der Waals surface area contributed by atoms with Crippen LogP contribution in [-0.2, 0) is 6.54 Å². The fourth-order valence-electron chi connectivity index (χ4n) is 3.64. The smallest absolute Gasteiger partial charge is 0.321 e. The second-order valence-electron chi connectivity index (χ2n) is 7.27. The van der Waals surface area contributed by atoms with E-state index in [2.05, 4.69) is 15.2 Å². The van der Waals surface area contributed by atoms with Gasteiger partial charge in [-0.25, -0.2) is 9.78 Å². The van der Waals surface area contributed by atoms with Crippen LogP contribution >= 0.6 is 11.6 Å². The van der Waals surface area contributed by atoms with Crippen molar-refractivity contribution in [2.45, 2.75) is 6.54 Å². The van der Waals surface area contributed by atoms with E-state index in [9.17, 15) is 4.79 Å². The van der Waals surface area contributed by atoms with Gasteiger partial charge in [-0.3, -0.25) is 4.90 Å². The average molecular weight is 429 g/mol. The van der Waals surface area contributed by atoms with E-state index in [-0.39, 0.29) is 6.03 Å². The number of benzene rings is 2. The highest BCUT2D eigenvalue weighted by atomic mass is 35.5. The summed E-state index contributed by atoms with van der Waals surface area (Å²) in [7, 11) is 0. The number of piperazine rings is 1. The van der Waals surface area contributed by atoms with Crippen molar-refractivity contribution in [3.63, 3.8) is 0 Å². The topological polar surface area (TPSA) is 80.1 Å². The van der Waals surface area contributed by atoms with Crippen molar-refractivity contribution in [1.82, 2.24) is 14.8 Å². The van der Waals surface area contributed by atoms with E-state index >= 15 is 0 Å². The summed E-state index contributed by atoms with van der Waals surface area (Å²) in [5, 5.41) is 3.58. The van der Waals surface area contributed by atoms with Crippen LogP contribution < -0.4 is 14.8 Å². The van der Waals surface area contributed by atoms with Crippen molar-refractivity contribution < 1.29 is 18.7 Å². The summed E-state index contributed by atoms with van der Waals surface area (Å²) in [6.45, 7) is 4.40. The molecule has 2 aromatic carbocycles. The molecule has 0 unspecified atom stereocenters. The minimum absolute atomic E-state index is 0.122. The number of nitrogens with zero attached hydrogens (tertiary/aromatic N) is 3. The number of aromatic nitrogens is 1. The highest BCUT2D eigenvalue weighted by Crippen LogP contribution is 2.32. The second-order valence-corrected chi connectivity index (χ2v) is 7.71. The Labute approximate surface area is 178 Å². The molecule has 0 radical (unpaired) electrons. The Balaban J connectivity index is 1.15. The lowest BCUT2D eigenvalue weighted by atomic mass is 10.2. The normalized spacial score (nSPS) is 16.6. The van der Waals surface area contributed by atoms with E-state index in [1.165, 1.54) is 0 Å². The number of amides is 2. The number of fused-ring (bicyclic) bond motifs is 2. The van der Waals surface area contributed by atoms with E-state index in [0.29, 0.717) is 60.9 Å². The number of hydrogen-bond acceptors (Lipinski definition) is 6. The molecule has 0 saturated carbocycles. The first-order valence-corrected chi connectivity index (χ1v) is 10.2. The maximum atomic E-state index is 12.6. The van der Waals surface area contributed by atoms with Gasteiger partial charge in [-0.1, -0.05) is 11.6 Å². The zero-order valence-electron chi connectivity index (χ0n) is 16.3. The van der Waals surface area contributed by atoms with Crippen molar-refractivity contribution in [3.05, 3.63) is 47.3 Å². The highest BCUT2D eigenvalue weighted by molar-refractivity contribution is 6.31. The lowest BCUT2D eigenvalue weighted by Crippen LogP contribution is -2.49. The predicted molar refractivity (Wildman–Crippen MR) is 112 cm³/mol. The third-order valence-corrected chi connectivity index (χ3v) is 5.44. The molecule has 9 heteroatoms. The fraction of sp³-hybridized carbons (Fsp3) is 0.333. The van der Waals surface area contributed by atoms with Gasteiger partial charge >= 0.3 is 6.03 Å². The first kappa shape index (κ1) is 19.0. The van der Waals surface area contributed by atoms with Crippen LogP contribution in [0.2, 0.25) is 5.02 Å². The van der Waals surface area contributed by atoms with E-state index in [4.69, 9.17) is 25.5 Å². The van der Waals surface area contributed by atoms with Crippen LogP contribution in [-0.4, -0.2) is 60.2 Å². The quantitative estimate of drug-likeness (QED) is 0.686. The van der Waals surface area contributed by atoms with Crippen molar-refractivity contribution in [1.29, 1.82) is 0 Å². The van der Waals surface area contributed by atoms with Gasteiger partial charge in [0.25, 0.3) is 0 Å². The molecule has 3 heterocycles. The fourth-order valence-corrected chi connectivity index (χ4v) is 3.81. The molecule has 0 spiro atoms. The number of anilines is 1. The van der Waals surface area contributed by atoms with Crippen molar-refractivity contribution in [2.75, 3.05) is 44.7 Å². The number of carbonyl (C=O) groups excluding carboxylic acids is 1. The van der Waals surface area contributed by atoms with Gasteiger partial charge in [-0.2, -0.15) is 0 Å². The van der Waals surface area contributed by atoms with Gasteiger partial charge in [-0.05, 0) is 30.3 Å². The van der Waals surface area contributed by atoms with Crippen LogP contribution in [0.5, 0.6) is 11.5 Å². The third-order valence-electron chi connectivity index (χ3n) is 5.21. The number of hydrogen-bond donors (Lipinski definition) is 1. The Bertz CT molecular complexity index is 1080. The van der Waals surface area contributed by atoms with Crippen LogP contribution in [0.3, 0.4) is 0 Å². The molecule has 1 N–H and O–H groups in total. The maximum Gasteiger partial charge on any atom is 0.321 e. The van der Waals surface area contributed by atoms with Gasteiger partial charge < -0.3 is 24.1 Å². The molecule has 1 aromatic heterocycles. The Morgan fingerprint density at radius 2 is 1.83 bits per heavy atom. The van der Waals surface area contributed by atoms with Gasteiger partial charge in [0.05, 0.1) is 6.54 Å². The molecule has 2 aliphatic rings. The predicted octanol–water partition coefficient (Wildman–Crippen LogP) is 3.60. The van der Waals surface area contributed by atoms with Crippen LogP contribution in [0.15, 0.2) is 40.8 Å². The average Bonchev–Trinajstić information content (AvgIpc) is 3.15. The third kappa shape index (κ3) is 4.01. The summed E-state index contributed by atoms with van der Waals surface area (Å²) in [5.74, 6) is 2.01. The molecule has 0 atom stereocenters. The first-order valence-electron chi connectivity index (χ1n) is 9.87. The van der Waals surface area contributed by atoms with Crippen LogP contribution in [0, 0.1) is 0 Å². The molecule has 1 fully saturated rings. The van der Waals surface area contributed by atoms with Gasteiger partial charge in [0.15, 0.2) is 17.1 Å². The Hall–Kier alpha value is -2.97. The monoisotopic (exact) mass is 428 g/mol. The molecule has 5 rings (SSSR count). The van der Waals surface area contributed by atoms with Crippen LogP contribution in [0.4, 0.5) is 10.5 Å². The minimum atomic E-state index is -0.122. The molecule has 2 aliphatic heterocycles. The number of halogens is 1. The maximum absolute atomic E-state index is 12.6. The minimum Gasteiger partial charge on any atom is -0.486 e.